The van der Waals surface area contributed by atoms with Gasteiger partial charge in [-0.1, -0.05) is 35.4 Å². The lowest BCUT2D eigenvalue weighted by atomic mass is 10.2. The Labute approximate surface area is 170 Å². The minimum atomic E-state index is -3.62. The van der Waals surface area contributed by atoms with Crippen LogP contribution < -0.4 is 9.62 Å². The molecule has 0 saturated heterocycles. The Hall–Kier alpha value is -1.70. The maximum atomic E-state index is 12.3. The number of amides is 1. The molecule has 0 aromatic heterocycles. The Morgan fingerprint density at radius 1 is 1.15 bits per heavy atom. The van der Waals surface area contributed by atoms with Gasteiger partial charge in [-0.3, -0.25) is 9.10 Å². The highest BCUT2D eigenvalue weighted by atomic mass is 35.5. The summed E-state index contributed by atoms with van der Waals surface area (Å²) in [7, 11) is -3.62. The summed E-state index contributed by atoms with van der Waals surface area (Å²) < 4.78 is 25.4. The maximum Gasteiger partial charge on any atom is 0.240 e. The molecule has 2 aromatic carbocycles. The molecule has 0 aliphatic carbocycles. The summed E-state index contributed by atoms with van der Waals surface area (Å²) in [4.78, 5) is 13.4. The van der Waals surface area contributed by atoms with Crippen molar-refractivity contribution < 1.29 is 13.2 Å². The monoisotopic (exact) mass is 426 g/mol. The third-order valence-electron chi connectivity index (χ3n) is 3.84. The Morgan fingerprint density at radius 3 is 2.44 bits per heavy atom. The molecule has 0 spiro atoms. The number of nitrogens with one attached hydrogen (secondary N) is 1. The summed E-state index contributed by atoms with van der Waals surface area (Å²) in [6.45, 7) is 3.97. The van der Waals surface area contributed by atoms with Gasteiger partial charge in [-0.25, -0.2) is 8.42 Å². The molecule has 0 aliphatic rings. The van der Waals surface area contributed by atoms with E-state index >= 15 is 0 Å². The lowest BCUT2D eigenvalue weighted by Crippen LogP contribution is -2.41. The number of anilines is 1. The SMILES string of the molecule is Cc1ccc(SCCNC(=O)CN(c2cc(Cl)ccc2C)S(C)(=O)=O)cc1. The highest BCUT2D eigenvalue weighted by Gasteiger charge is 2.22. The predicted molar refractivity (Wildman–Crippen MR) is 113 cm³/mol. The van der Waals surface area contributed by atoms with E-state index in [-0.39, 0.29) is 12.5 Å². The second-order valence-corrected chi connectivity index (χ2v) is 9.72. The molecular formula is C19H23ClN2O3S2. The summed E-state index contributed by atoms with van der Waals surface area (Å²) in [6.07, 6.45) is 1.08. The van der Waals surface area contributed by atoms with Gasteiger partial charge in [0.05, 0.1) is 11.9 Å². The highest BCUT2D eigenvalue weighted by molar-refractivity contribution is 7.99. The van der Waals surface area contributed by atoms with Gasteiger partial charge in [0.15, 0.2) is 0 Å². The maximum absolute atomic E-state index is 12.3. The van der Waals surface area contributed by atoms with Crippen molar-refractivity contribution in [3.8, 4) is 0 Å². The largest absolute Gasteiger partial charge is 0.354 e. The molecule has 0 radical (unpaired) electrons. The first kappa shape index (κ1) is 21.6. The van der Waals surface area contributed by atoms with Gasteiger partial charge in [-0.15, -0.1) is 11.8 Å². The van der Waals surface area contributed by atoms with Crippen molar-refractivity contribution in [2.75, 3.05) is 29.4 Å². The van der Waals surface area contributed by atoms with Crippen molar-refractivity contribution in [3.05, 3.63) is 58.6 Å². The number of thioether (sulfide) groups is 1. The van der Waals surface area contributed by atoms with Gasteiger partial charge in [-0.2, -0.15) is 0 Å². The smallest absolute Gasteiger partial charge is 0.240 e. The van der Waals surface area contributed by atoms with Gasteiger partial charge in [0.1, 0.15) is 6.54 Å². The Bertz CT molecular complexity index is 900. The number of sulfonamides is 1. The molecule has 5 nitrogen and oxygen atoms in total. The van der Waals surface area contributed by atoms with Crippen LogP contribution in [0, 0.1) is 13.8 Å². The second kappa shape index (κ2) is 9.48. The summed E-state index contributed by atoms with van der Waals surface area (Å²) >= 11 is 7.63. The molecule has 0 fully saturated rings. The minimum Gasteiger partial charge on any atom is -0.354 e. The van der Waals surface area contributed by atoms with Crippen LogP contribution >= 0.6 is 23.4 Å². The van der Waals surface area contributed by atoms with Crippen LogP contribution in [0.3, 0.4) is 0 Å². The van der Waals surface area contributed by atoms with Gasteiger partial charge in [0, 0.05) is 22.2 Å². The number of carbonyl (C=O) groups is 1. The molecule has 0 bridgehead atoms. The molecule has 8 heteroatoms. The van der Waals surface area contributed by atoms with Crippen molar-refractivity contribution in [3.63, 3.8) is 0 Å². The van der Waals surface area contributed by atoms with Crippen LogP contribution in [0.25, 0.3) is 0 Å². The van der Waals surface area contributed by atoms with Crippen LogP contribution in [0.1, 0.15) is 11.1 Å². The number of halogens is 1. The van der Waals surface area contributed by atoms with E-state index in [1.165, 1.54) is 5.56 Å². The molecule has 0 heterocycles. The zero-order valence-corrected chi connectivity index (χ0v) is 17.9. The molecule has 0 atom stereocenters. The van der Waals surface area contributed by atoms with E-state index in [4.69, 9.17) is 11.6 Å². The molecular weight excluding hydrogens is 404 g/mol. The van der Waals surface area contributed by atoms with E-state index in [2.05, 4.69) is 5.32 Å². The molecule has 2 rings (SSSR count). The van der Waals surface area contributed by atoms with Crippen LogP contribution in [-0.4, -0.2) is 39.4 Å². The Balaban J connectivity index is 1.94. The fourth-order valence-electron chi connectivity index (χ4n) is 2.41. The van der Waals surface area contributed by atoms with E-state index in [9.17, 15) is 13.2 Å². The summed E-state index contributed by atoms with van der Waals surface area (Å²) in [5.74, 6) is 0.341. The summed E-state index contributed by atoms with van der Waals surface area (Å²) in [5.41, 5.74) is 2.34. The Morgan fingerprint density at radius 2 is 1.81 bits per heavy atom. The second-order valence-electron chi connectivity index (χ2n) is 6.21. The van der Waals surface area contributed by atoms with Crippen molar-refractivity contribution in [1.82, 2.24) is 5.32 Å². The van der Waals surface area contributed by atoms with Crippen molar-refractivity contribution in [1.29, 1.82) is 0 Å². The van der Waals surface area contributed by atoms with Gasteiger partial charge in [-0.05, 0) is 43.7 Å². The zero-order chi connectivity index (χ0) is 20.0. The summed E-state index contributed by atoms with van der Waals surface area (Å²) in [6, 6.07) is 13.1. The molecule has 146 valence electrons. The first-order chi connectivity index (χ1) is 12.7. The van der Waals surface area contributed by atoms with Crippen LogP contribution in [0.5, 0.6) is 0 Å². The predicted octanol–water partition coefficient (Wildman–Crippen LogP) is 3.63. The zero-order valence-electron chi connectivity index (χ0n) is 15.5. The number of aryl methyl sites for hydroxylation is 2. The fraction of sp³-hybridized carbons (Fsp3) is 0.316. The first-order valence-electron chi connectivity index (χ1n) is 8.37. The normalized spacial score (nSPS) is 11.3. The minimum absolute atomic E-state index is 0.283. The standard InChI is InChI=1S/C19H23ClN2O3S2/c1-14-4-8-17(9-5-14)26-11-10-21-19(23)13-22(27(3,24)25)18-12-16(20)7-6-15(18)2/h4-9,12H,10-11,13H2,1-3H3,(H,21,23). The molecule has 0 unspecified atom stereocenters. The quantitative estimate of drug-likeness (QED) is 0.517. The van der Waals surface area contributed by atoms with Gasteiger partial charge in [0.2, 0.25) is 15.9 Å². The molecule has 1 amide bonds. The first-order valence-corrected chi connectivity index (χ1v) is 11.6. The van der Waals surface area contributed by atoms with Gasteiger partial charge in [0.25, 0.3) is 0 Å². The molecule has 2 aromatic rings. The lowest BCUT2D eigenvalue weighted by Gasteiger charge is -2.23. The molecule has 0 saturated carbocycles. The number of nitrogens with zero attached hydrogens (tertiary/aromatic N) is 1. The van der Waals surface area contributed by atoms with Crippen molar-refractivity contribution >= 4 is 45.0 Å². The van der Waals surface area contributed by atoms with E-state index < -0.39 is 10.0 Å². The number of rotatable bonds is 8. The third-order valence-corrected chi connectivity index (χ3v) is 6.22. The molecule has 0 aliphatic heterocycles. The molecule has 1 N–H and O–H groups in total. The van der Waals surface area contributed by atoms with E-state index in [0.29, 0.717) is 23.0 Å². The van der Waals surface area contributed by atoms with Crippen LogP contribution in [0.15, 0.2) is 47.4 Å². The average molecular weight is 427 g/mol. The third kappa shape index (κ3) is 6.75. The molecule has 27 heavy (non-hydrogen) atoms. The van der Waals surface area contributed by atoms with Gasteiger partial charge < -0.3 is 5.32 Å². The van der Waals surface area contributed by atoms with Crippen LogP contribution in [-0.2, 0) is 14.8 Å². The summed E-state index contributed by atoms with van der Waals surface area (Å²) in [5, 5.41) is 3.19. The number of carbonyl (C=O) groups excluding carboxylic acids is 1. The van der Waals surface area contributed by atoms with Gasteiger partial charge >= 0.3 is 0 Å². The fourth-order valence-corrected chi connectivity index (χ4v) is 4.25. The Kier molecular flexibility index (Phi) is 7.59. The van der Waals surface area contributed by atoms with E-state index in [1.807, 2.05) is 31.2 Å². The van der Waals surface area contributed by atoms with Crippen molar-refractivity contribution in [2.24, 2.45) is 0 Å². The van der Waals surface area contributed by atoms with Crippen LogP contribution in [0.2, 0.25) is 5.02 Å². The number of hydrogen-bond acceptors (Lipinski definition) is 4. The topological polar surface area (TPSA) is 66.5 Å². The highest BCUT2D eigenvalue weighted by Crippen LogP contribution is 2.26. The lowest BCUT2D eigenvalue weighted by molar-refractivity contribution is -0.119. The van der Waals surface area contributed by atoms with Crippen LogP contribution in [0.4, 0.5) is 5.69 Å². The van der Waals surface area contributed by atoms with E-state index in [0.717, 1.165) is 21.0 Å². The van der Waals surface area contributed by atoms with Crippen molar-refractivity contribution in [2.45, 2.75) is 18.7 Å². The number of benzene rings is 2. The van der Waals surface area contributed by atoms with E-state index in [1.54, 1.807) is 36.9 Å². The number of hydrogen-bond donors (Lipinski definition) is 1. The average Bonchev–Trinajstić information content (AvgIpc) is 2.59.